The van der Waals surface area contributed by atoms with E-state index in [2.05, 4.69) is 0 Å². The largest absolute Gasteiger partial charge is 0.444 e. The summed E-state index contributed by atoms with van der Waals surface area (Å²) in [5.41, 5.74) is 0. The van der Waals surface area contributed by atoms with Gasteiger partial charge in [0.1, 0.15) is 5.75 Å². The molecule has 13 heavy (non-hydrogen) atoms. The van der Waals surface area contributed by atoms with Gasteiger partial charge in [-0.3, -0.25) is 0 Å². The highest BCUT2D eigenvalue weighted by atomic mass is 32.5. The number of hydrogen-bond donors (Lipinski definition) is 0. The van der Waals surface area contributed by atoms with Crippen LogP contribution in [-0.4, -0.2) is 13.3 Å². The maximum atomic E-state index is 5.55. The maximum absolute atomic E-state index is 5.55. The zero-order valence-electron chi connectivity index (χ0n) is 7.77. The van der Waals surface area contributed by atoms with Crippen molar-refractivity contribution in [1.82, 2.24) is 0 Å². The summed E-state index contributed by atoms with van der Waals surface area (Å²) in [6.45, 7) is 2.26. The van der Waals surface area contributed by atoms with Gasteiger partial charge in [-0.2, -0.15) is 0 Å². The predicted molar refractivity (Wildman–Crippen MR) is 58.9 cm³/mol. The lowest BCUT2D eigenvalue weighted by Crippen LogP contribution is -1.95. The second-order valence-corrected chi connectivity index (χ2v) is 6.57. The Labute approximate surface area is 84.0 Å². The molecule has 0 spiro atoms. The number of hydrogen-bond acceptors (Lipinski definition) is 3. The van der Waals surface area contributed by atoms with Crippen LogP contribution in [0.1, 0.15) is 6.92 Å². The summed E-state index contributed by atoms with van der Waals surface area (Å²) in [5, 5.41) is 0. The summed E-state index contributed by atoms with van der Waals surface area (Å²) in [5.74, 6) is 0.779. The first-order valence-electron chi connectivity index (χ1n) is 4.11. The van der Waals surface area contributed by atoms with Crippen molar-refractivity contribution < 1.29 is 9.05 Å². The minimum absolute atomic E-state index is 0.598. The van der Waals surface area contributed by atoms with Crippen LogP contribution in [0.3, 0.4) is 0 Å². The molecule has 0 aliphatic rings. The van der Waals surface area contributed by atoms with Gasteiger partial charge in [0.15, 0.2) is 0 Å². The highest BCUT2D eigenvalue weighted by molar-refractivity contribution is 8.09. The van der Waals surface area contributed by atoms with Crippen LogP contribution in [-0.2, 0) is 16.3 Å². The van der Waals surface area contributed by atoms with Gasteiger partial charge in [0, 0.05) is 6.66 Å². The van der Waals surface area contributed by atoms with E-state index in [1.165, 1.54) is 0 Å². The van der Waals surface area contributed by atoms with Crippen LogP contribution in [0.4, 0.5) is 0 Å². The van der Waals surface area contributed by atoms with Crippen molar-refractivity contribution >= 4 is 18.3 Å². The number of benzene rings is 1. The summed E-state index contributed by atoms with van der Waals surface area (Å²) in [7, 11) is 0. The van der Waals surface area contributed by atoms with Crippen molar-refractivity contribution in [2.75, 3.05) is 13.3 Å². The Bertz CT molecular complexity index is 300. The van der Waals surface area contributed by atoms with Gasteiger partial charge in [0.25, 0.3) is 0 Å². The lowest BCUT2D eigenvalue weighted by atomic mass is 10.3. The maximum Gasteiger partial charge on any atom is 0.235 e. The average Bonchev–Trinajstić information content (AvgIpc) is 2.04. The molecule has 0 aromatic heterocycles. The van der Waals surface area contributed by atoms with Gasteiger partial charge in [0.2, 0.25) is 6.49 Å². The number of para-hydroxylation sites is 1. The molecule has 0 heterocycles. The van der Waals surface area contributed by atoms with Crippen molar-refractivity contribution in [1.29, 1.82) is 0 Å². The van der Waals surface area contributed by atoms with Gasteiger partial charge in [-0.15, -0.1) is 0 Å². The molecule has 0 radical (unpaired) electrons. The highest BCUT2D eigenvalue weighted by Gasteiger charge is 2.11. The molecule has 0 saturated heterocycles. The Morgan fingerprint density at radius 3 is 2.46 bits per heavy atom. The van der Waals surface area contributed by atoms with Crippen LogP contribution in [0.25, 0.3) is 0 Å². The Morgan fingerprint density at radius 2 is 1.92 bits per heavy atom. The van der Waals surface area contributed by atoms with Crippen molar-refractivity contribution in [2.45, 2.75) is 6.92 Å². The lowest BCUT2D eigenvalue weighted by molar-refractivity contribution is 0.335. The van der Waals surface area contributed by atoms with Gasteiger partial charge < -0.3 is 9.05 Å². The third-order valence-electron chi connectivity index (χ3n) is 1.38. The molecular formula is C9H13O2PS. The van der Waals surface area contributed by atoms with Crippen LogP contribution in [0.2, 0.25) is 0 Å². The SMILES string of the molecule is CCO[P@@](C)(=S)Oc1ccccc1. The predicted octanol–water partition coefficient (Wildman–Crippen LogP) is 3.04. The highest BCUT2D eigenvalue weighted by Crippen LogP contribution is 2.44. The van der Waals surface area contributed by atoms with E-state index in [0.717, 1.165) is 5.75 Å². The first-order chi connectivity index (χ1) is 6.14. The van der Waals surface area contributed by atoms with E-state index in [0.29, 0.717) is 6.61 Å². The van der Waals surface area contributed by atoms with E-state index in [4.69, 9.17) is 20.9 Å². The Hall–Kier alpha value is -0.370. The molecule has 0 unspecified atom stereocenters. The van der Waals surface area contributed by atoms with E-state index in [-0.39, 0.29) is 0 Å². The Kier molecular flexibility index (Phi) is 3.91. The quantitative estimate of drug-likeness (QED) is 0.721. The molecule has 0 saturated carbocycles. The summed E-state index contributed by atoms with van der Waals surface area (Å²) < 4.78 is 10.9. The molecule has 1 rings (SSSR count). The van der Waals surface area contributed by atoms with Crippen molar-refractivity contribution in [3.05, 3.63) is 30.3 Å². The minimum Gasteiger partial charge on any atom is -0.444 e. The zero-order valence-corrected chi connectivity index (χ0v) is 9.48. The molecule has 0 aliphatic carbocycles. The van der Waals surface area contributed by atoms with Crippen molar-refractivity contribution in [2.24, 2.45) is 0 Å². The molecule has 72 valence electrons. The third-order valence-corrected chi connectivity index (χ3v) is 3.19. The standard InChI is InChI=1S/C9H13O2PS/c1-3-10-12(2,13)11-9-7-5-4-6-8-9/h4-8H,3H2,1-2H3/t12-/m1/s1. The first kappa shape index (κ1) is 10.7. The fourth-order valence-electron chi connectivity index (χ4n) is 0.934. The van der Waals surface area contributed by atoms with Gasteiger partial charge in [0.05, 0.1) is 6.61 Å². The molecule has 0 bridgehead atoms. The van der Waals surface area contributed by atoms with Gasteiger partial charge in [-0.1, -0.05) is 18.2 Å². The van der Waals surface area contributed by atoms with Crippen molar-refractivity contribution in [3.8, 4) is 5.75 Å². The fraction of sp³-hybridized carbons (Fsp3) is 0.333. The van der Waals surface area contributed by atoms with Gasteiger partial charge in [-0.05, 0) is 30.9 Å². The molecule has 0 amide bonds. The molecular weight excluding hydrogens is 203 g/mol. The lowest BCUT2D eigenvalue weighted by Gasteiger charge is -2.17. The normalized spacial score (nSPS) is 14.9. The molecule has 0 N–H and O–H groups in total. The van der Waals surface area contributed by atoms with Crippen molar-refractivity contribution in [3.63, 3.8) is 0 Å². The van der Waals surface area contributed by atoms with E-state index < -0.39 is 6.49 Å². The summed E-state index contributed by atoms with van der Waals surface area (Å²) in [6.07, 6.45) is 0. The second kappa shape index (κ2) is 4.75. The summed E-state index contributed by atoms with van der Waals surface area (Å²) in [4.78, 5) is 0. The third kappa shape index (κ3) is 3.90. The molecule has 0 fully saturated rings. The molecule has 0 aliphatic heterocycles. The Morgan fingerprint density at radius 1 is 1.31 bits per heavy atom. The van der Waals surface area contributed by atoms with E-state index in [1.807, 2.05) is 43.9 Å². The van der Waals surface area contributed by atoms with Gasteiger partial charge >= 0.3 is 0 Å². The van der Waals surface area contributed by atoms with Crippen LogP contribution >= 0.6 is 6.49 Å². The molecule has 4 heteroatoms. The zero-order chi connectivity index (χ0) is 9.73. The summed E-state index contributed by atoms with van der Waals surface area (Å²) in [6, 6.07) is 9.52. The van der Waals surface area contributed by atoms with E-state index >= 15 is 0 Å². The topological polar surface area (TPSA) is 18.5 Å². The first-order valence-corrected chi connectivity index (χ1v) is 7.19. The molecule has 1 aromatic rings. The smallest absolute Gasteiger partial charge is 0.235 e. The van der Waals surface area contributed by atoms with E-state index in [1.54, 1.807) is 0 Å². The van der Waals surface area contributed by atoms with Gasteiger partial charge in [-0.25, -0.2) is 0 Å². The molecule has 2 nitrogen and oxygen atoms in total. The van der Waals surface area contributed by atoms with Crippen LogP contribution in [0, 0.1) is 0 Å². The monoisotopic (exact) mass is 216 g/mol. The van der Waals surface area contributed by atoms with Crippen LogP contribution in [0.15, 0.2) is 30.3 Å². The fourth-order valence-corrected chi connectivity index (χ4v) is 2.53. The second-order valence-electron chi connectivity index (χ2n) is 2.59. The van der Waals surface area contributed by atoms with Crippen LogP contribution < -0.4 is 4.52 Å². The molecule has 1 atom stereocenters. The van der Waals surface area contributed by atoms with Crippen LogP contribution in [0.5, 0.6) is 5.75 Å². The molecule has 1 aromatic carbocycles. The minimum atomic E-state index is -2.08. The average molecular weight is 216 g/mol. The van der Waals surface area contributed by atoms with E-state index in [9.17, 15) is 0 Å². The number of rotatable bonds is 4. The Balaban J connectivity index is 2.64. The summed E-state index contributed by atoms with van der Waals surface area (Å²) >= 11 is 5.19.